The predicted molar refractivity (Wildman–Crippen MR) is 58.4 cm³/mol. The first-order chi connectivity index (χ1) is 4.31. The van der Waals surface area contributed by atoms with Gasteiger partial charge in [0.15, 0.2) is 0 Å². The van der Waals surface area contributed by atoms with Gasteiger partial charge in [0.05, 0.1) is 0 Å². The minimum absolute atomic E-state index is 1.08. The van der Waals surface area contributed by atoms with Gasteiger partial charge in [0, 0.05) is 29.0 Å². The summed E-state index contributed by atoms with van der Waals surface area (Å²) in [5.41, 5.74) is 3.25. The fraction of sp³-hybridized carbons (Fsp3) is 1.00. The van der Waals surface area contributed by atoms with E-state index in [1.54, 1.807) is 0 Å². The summed E-state index contributed by atoms with van der Waals surface area (Å²) in [5.74, 6) is 0. The zero-order chi connectivity index (χ0) is 7.11. The van der Waals surface area contributed by atoms with Crippen molar-refractivity contribution in [3.8, 4) is 0 Å². The molecule has 0 amide bonds. The molecule has 0 aromatic rings. The first-order valence-corrected chi connectivity index (χ1v) is 5.93. The summed E-state index contributed by atoms with van der Waals surface area (Å²) >= 11 is 4.73. The minimum Gasteiger partial charge on any atom is -0.255 e. The zero-order valence-corrected chi connectivity index (χ0v) is 9.85. The van der Waals surface area contributed by atoms with Crippen LogP contribution in [0, 0.1) is 0 Å². The molecule has 0 saturated heterocycles. The van der Waals surface area contributed by atoms with Crippen molar-refractivity contribution in [3.63, 3.8) is 0 Å². The van der Waals surface area contributed by atoms with Gasteiger partial charge in [-0.1, -0.05) is 45.2 Å². The van der Waals surface area contributed by atoms with E-state index in [-0.39, 0.29) is 0 Å². The van der Waals surface area contributed by atoms with E-state index in [1.807, 2.05) is 0 Å². The van der Waals surface area contributed by atoms with Crippen molar-refractivity contribution in [2.75, 3.05) is 29.0 Å². The molecule has 4 heteroatoms. The van der Waals surface area contributed by atoms with Crippen molar-refractivity contribution in [2.45, 2.75) is 0 Å². The molecule has 0 heterocycles. The number of rotatable bonds is 5. The normalized spacial score (nSPS) is 10.7. The molecule has 0 atom stereocenters. The molecule has 0 spiro atoms. The monoisotopic (exact) mass is 354 g/mol. The first-order valence-electron chi connectivity index (χ1n) is 2.88. The van der Waals surface area contributed by atoms with E-state index < -0.39 is 0 Å². The van der Waals surface area contributed by atoms with Crippen LogP contribution >= 0.6 is 45.2 Å². The molecule has 0 saturated carbocycles. The third-order valence-electron chi connectivity index (χ3n) is 0.896. The average molecular weight is 354 g/mol. The lowest BCUT2D eigenvalue weighted by Crippen LogP contribution is -2.36. The van der Waals surface area contributed by atoms with Crippen LogP contribution in [0.1, 0.15) is 0 Å². The lowest BCUT2D eigenvalue weighted by Gasteiger charge is -2.15. The molecule has 0 bridgehead atoms. The largest absolute Gasteiger partial charge is 0.255 e. The number of nitrogens with zero attached hydrogens (tertiary/aromatic N) is 1. The maximum absolute atomic E-state index is 3.25. The van der Waals surface area contributed by atoms with Crippen LogP contribution in [-0.4, -0.2) is 34.0 Å². The molecule has 0 aliphatic heterocycles. The fourth-order valence-electron chi connectivity index (χ4n) is 0.439. The van der Waals surface area contributed by atoms with Crippen LogP contribution < -0.4 is 5.43 Å². The Morgan fingerprint density at radius 2 is 2.00 bits per heavy atom. The molecule has 0 radical (unpaired) electrons. The van der Waals surface area contributed by atoms with Crippen molar-refractivity contribution in [1.29, 1.82) is 0 Å². The van der Waals surface area contributed by atoms with E-state index in [0.29, 0.717) is 0 Å². The molecule has 2 nitrogen and oxygen atoms in total. The Morgan fingerprint density at radius 1 is 1.33 bits per heavy atom. The van der Waals surface area contributed by atoms with Crippen LogP contribution in [0.3, 0.4) is 0 Å². The molecule has 0 rings (SSSR count). The highest BCUT2D eigenvalue weighted by Crippen LogP contribution is 1.83. The van der Waals surface area contributed by atoms with Crippen molar-refractivity contribution in [2.24, 2.45) is 0 Å². The Morgan fingerprint density at radius 3 is 2.44 bits per heavy atom. The van der Waals surface area contributed by atoms with Crippen molar-refractivity contribution in [1.82, 2.24) is 10.4 Å². The highest BCUT2D eigenvalue weighted by molar-refractivity contribution is 14.1. The van der Waals surface area contributed by atoms with Gasteiger partial charge in [-0.15, -0.1) is 0 Å². The summed E-state index contributed by atoms with van der Waals surface area (Å²) < 4.78 is 2.35. The topological polar surface area (TPSA) is 15.3 Å². The molecule has 0 aromatic heterocycles. The second-order valence-corrected chi connectivity index (χ2v) is 3.87. The number of hydrogen-bond acceptors (Lipinski definition) is 2. The summed E-state index contributed by atoms with van der Waals surface area (Å²) in [6.07, 6.45) is 0. The van der Waals surface area contributed by atoms with Gasteiger partial charge in [-0.05, 0) is 0 Å². The molecular weight excluding hydrogens is 342 g/mol. The summed E-state index contributed by atoms with van der Waals surface area (Å²) in [6.45, 7) is 2.20. The van der Waals surface area contributed by atoms with Crippen molar-refractivity contribution < 1.29 is 0 Å². The summed E-state index contributed by atoms with van der Waals surface area (Å²) in [5, 5.41) is 2.13. The molecule has 9 heavy (non-hydrogen) atoms. The lowest BCUT2D eigenvalue weighted by atomic mass is 10.7. The standard InChI is InChI=1S/C5H12I2N2/c1-9(5-3-7)8-4-2-6/h8H,2-5H2,1H3. The van der Waals surface area contributed by atoms with Gasteiger partial charge >= 0.3 is 0 Å². The van der Waals surface area contributed by atoms with E-state index in [0.717, 1.165) is 13.1 Å². The van der Waals surface area contributed by atoms with Crippen molar-refractivity contribution in [3.05, 3.63) is 0 Å². The zero-order valence-electron chi connectivity index (χ0n) is 5.53. The molecule has 0 fully saturated rings. The maximum Gasteiger partial charge on any atom is 0.0217 e. The van der Waals surface area contributed by atoms with E-state index >= 15 is 0 Å². The number of hydrazine groups is 1. The predicted octanol–water partition coefficient (Wildman–Crippen LogP) is 1.29. The van der Waals surface area contributed by atoms with Crippen LogP contribution in [0.4, 0.5) is 0 Å². The first kappa shape index (κ1) is 10.4. The van der Waals surface area contributed by atoms with Gasteiger partial charge in [0.1, 0.15) is 0 Å². The van der Waals surface area contributed by atoms with Gasteiger partial charge < -0.3 is 0 Å². The second-order valence-electron chi connectivity index (χ2n) is 1.71. The Bertz CT molecular complexity index is 60.9. The van der Waals surface area contributed by atoms with Crippen LogP contribution in [0.2, 0.25) is 0 Å². The Balaban J connectivity index is 2.95. The number of hydrogen-bond donors (Lipinski definition) is 1. The summed E-state index contributed by atoms with van der Waals surface area (Å²) in [6, 6.07) is 0. The molecule has 0 aliphatic rings. The van der Waals surface area contributed by atoms with Gasteiger partial charge in [0.25, 0.3) is 0 Å². The minimum atomic E-state index is 1.08. The molecular formula is C5H12I2N2. The van der Waals surface area contributed by atoms with Crippen LogP contribution in [-0.2, 0) is 0 Å². The number of nitrogens with one attached hydrogen (secondary N) is 1. The smallest absolute Gasteiger partial charge is 0.0217 e. The Labute approximate surface area is 84.0 Å². The highest BCUT2D eigenvalue weighted by Gasteiger charge is 1.91. The van der Waals surface area contributed by atoms with E-state index in [9.17, 15) is 0 Å². The Hall–Kier alpha value is 1.38. The third kappa shape index (κ3) is 7.27. The lowest BCUT2D eigenvalue weighted by molar-refractivity contribution is 0.260. The molecule has 0 aliphatic carbocycles. The van der Waals surface area contributed by atoms with E-state index in [1.165, 1.54) is 8.86 Å². The molecule has 0 aromatic carbocycles. The molecule has 56 valence electrons. The van der Waals surface area contributed by atoms with Gasteiger partial charge in [-0.25, -0.2) is 5.01 Å². The third-order valence-corrected chi connectivity index (χ3v) is 1.92. The van der Waals surface area contributed by atoms with Gasteiger partial charge in [0.2, 0.25) is 0 Å². The maximum atomic E-state index is 3.25. The number of alkyl halides is 2. The molecule has 0 unspecified atom stereocenters. The fourth-order valence-corrected chi connectivity index (χ4v) is 1.40. The average Bonchev–Trinajstić information content (AvgIpc) is 1.85. The van der Waals surface area contributed by atoms with Crippen molar-refractivity contribution >= 4 is 45.2 Å². The van der Waals surface area contributed by atoms with Crippen LogP contribution in [0.15, 0.2) is 0 Å². The molecule has 1 N–H and O–H groups in total. The van der Waals surface area contributed by atoms with Gasteiger partial charge in [-0.3, -0.25) is 5.43 Å². The quantitative estimate of drug-likeness (QED) is 0.455. The number of halogens is 2. The van der Waals surface area contributed by atoms with Gasteiger partial charge in [-0.2, -0.15) is 0 Å². The summed E-state index contributed by atoms with van der Waals surface area (Å²) in [7, 11) is 2.07. The van der Waals surface area contributed by atoms with E-state index in [4.69, 9.17) is 0 Å². The Kier molecular flexibility index (Phi) is 8.63. The van der Waals surface area contributed by atoms with Crippen LogP contribution in [0.25, 0.3) is 0 Å². The highest BCUT2D eigenvalue weighted by atomic mass is 127. The van der Waals surface area contributed by atoms with Crippen LogP contribution in [0.5, 0.6) is 0 Å². The summed E-state index contributed by atoms with van der Waals surface area (Å²) in [4.78, 5) is 0. The second kappa shape index (κ2) is 7.49. The SMILES string of the molecule is CN(CCI)NCCI. The van der Waals surface area contributed by atoms with E-state index in [2.05, 4.69) is 62.7 Å².